The summed E-state index contributed by atoms with van der Waals surface area (Å²) in [4.78, 5) is 17.1. The molecule has 4 aromatic rings. The van der Waals surface area contributed by atoms with E-state index in [9.17, 15) is 0 Å². The van der Waals surface area contributed by atoms with Crippen LogP contribution in [0.4, 0.5) is 10.9 Å². The smallest absolute Gasteiger partial charge is 0.189 e. The van der Waals surface area contributed by atoms with E-state index in [4.69, 9.17) is 0 Å². The zero-order valence-corrected chi connectivity index (χ0v) is 13.2. The summed E-state index contributed by atoms with van der Waals surface area (Å²) in [6, 6.07) is 8.38. The van der Waals surface area contributed by atoms with Crippen LogP contribution in [0.1, 0.15) is 5.56 Å². The second kappa shape index (κ2) is 5.73. The van der Waals surface area contributed by atoms with Crippen molar-refractivity contribution in [1.82, 2.24) is 19.9 Å². The molecule has 0 aliphatic rings. The highest BCUT2D eigenvalue weighted by molar-refractivity contribution is 7.22. The van der Waals surface area contributed by atoms with Gasteiger partial charge in [-0.3, -0.25) is 9.97 Å². The Kier molecular flexibility index (Phi) is 3.44. The highest BCUT2D eigenvalue weighted by Crippen LogP contribution is 2.31. The third kappa shape index (κ3) is 2.89. The van der Waals surface area contributed by atoms with Crippen LogP contribution in [-0.4, -0.2) is 19.9 Å². The van der Waals surface area contributed by atoms with Gasteiger partial charge in [-0.1, -0.05) is 17.4 Å². The van der Waals surface area contributed by atoms with Gasteiger partial charge in [0.1, 0.15) is 0 Å². The van der Waals surface area contributed by atoms with Crippen molar-refractivity contribution in [3.05, 3.63) is 60.8 Å². The van der Waals surface area contributed by atoms with Crippen molar-refractivity contribution in [2.45, 2.75) is 6.92 Å². The van der Waals surface area contributed by atoms with Crippen LogP contribution in [-0.2, 0) is 0 Å². The number of aryl methyl sites for hydroxylation is 1. The Morgan fingerprint density at radius 2 is 1.91 bits per heavy atom. The van der Waals surface area contributed by atoms with Crippen molar-refractivity contribution >= 4 is 32.5 Å². The van der Waals surface area contributed by atoms with Crippen LogP contribution >= 0.6 is 11.3 Å². The van der Waals surface area contributed by atoms with Crippen LogP contribution in [0.2, 0.25) is 0 Å². The van der Waals surface area contributed by atoms with Gasteiger partial charge in [0.05, 0.1) is 16.4 Å². The number of rotatable bonds is 3. The van der Waals surface area contributed by atoms with Crippen molar-refractivity contribution in [2.24, 2.45) is 0 Å². The van der Waals surface area contributed by atoms with Crippen LogP contribution in [0.15, 0.2) is 55.2 Å². The quantitative estimate of drug-likeness (QED) is 0.613. The van der Waals surface area contributed by atoms with Gasteiger partial charge in [0.15, 0.2) is 10.9 Å². The molecule has 0 radical (unpaired) electrons. The molecule has 0 aliphatic heterocycles. The minimum atomic E-state index is 0.690. The average Bonchev–Trinajstić information content (AvgIpc) is 2.97. The first kappa shape index (κ1) is 13.8. The molecule has 112 valence electrons. The summed E-state index contributed by atoms with van der Waals surface area (Å²) in [5.74, 6) is 0.690. The van der Waals surface area contributed by atoms with E-state index < -0.39 is 0 Å². The standard InChI is InChI=1S/C17H13N5S/c1-11-6-13(9-19-8-11)12-2-3-14-15(7-12)23-17(21-14)22-16-10-18-4-5-20-16/h2-10H,1H3,(H,20,21,22). The lowest BCUT2D eigenvalue weighted by atomic mass is 10.1. The fourth-order valence-electron chi connectivity index (χ4n) is 2.34. The van der Waals surface area contributed by atoms with E-state index in [1.807, 2.05) is 25.4 Å². The Bertz CT molecular complexity index is 965. The molecule has 1 aromatic carbocycles. The Morgan fingerprint density at radius 3 is 2.74 bits per heavy atom. The molecule has 5 nitrogen and oxygen atoms in total. The summed E-state index contributed by atoms with van der Waals surface area (Å²) in [5, 5.41) is 3.99. The summed E-state index contributed by atoms with van der Waals surface area (Å²) >= 11 is 1.59. The lowest BCUT2D eigenvalue weighted by molar-refractivity contribution is 1.19. The summed E-state index contributed by atoms with van der Waals surface area (Å²) in [7, 11) is 0. The molecule has 0 aliphatic carbocycles. The van der Waals surface area contributed by atoms with Gasteiger partial charge in [0.25, 0.3) is 0 Å². The average molecular weight is 319 g/mol. The van der Waals surface area contributed by atoms with Crippen LogP contribution in [0.25, 0.3) is 21.3 Å². The molecule has 0 saturated carbocycles. The fourth-order valence-corrected chi connectivity index (χ4v) is 3.26. The number of nitrogens with zero attached hydrogens (tertiary/aromatic N) is 4. The molecule has 0 unspecified atom stereocenters. The third-order valence-corrected chi connectivity index (χ3v) is 4.33. The molecule has 0 atom stereocenters. The van der Waals surface area contributed by atoms with Crippen LogP contribution < -0.4 is 5.32 Å². The normalized spacial score (nSPS) is 10.8. The number of pyridine rings is 1. The topological polar surface area (TPSA) is 63.6 Å². The summed E-state index contributed by atoms with van der Waals surface area (Å²) in [6.45, 7) is 2.05. The number of hydrogen-bond acceptors (Lipinski definition) is 6. The summed E-state index contributed by atoms with van der Waals surface area (Å²) < 4.78 is 1.12. The van der Waals surface area contributed by atoms with Gasteiger partial charge in [0.2, 0.25) is 0 Å². The van der Waals surface area contributed by atoms with Gasteiger partial charge >= 0.3 is 0 Å². The van der Waals surface area contributed by atoms with E-state index in [2.05, 4.69) is 43.5 Å². The molecule has 0 spiro atoms. The molecule has 23 heavy (non-hydrogen) atoms. The van der Waals surface area contributed by atoms with E-state index in [1.165, 1.54) is 0 Å². The first-order valence-corrected chi connectivity index (χ1v) is 7.95. The Morgan fingerprint density at radius 1 is 0.957 bits per heavy atom. The highest BCUT2D eigenvalue weighted by atomic mass is 32.1. The van der Waals surface area contributed by atoms with Gasteiger partial charge in [-0.05, 0) is 36.2 Å². The monoisotopic (exact) mass is 319 g/mol. The molecular weight excluding hydrogens is 306 g/mol. The number of anilines is 2. The van der Waals surface area contributed by atoms with E-state index in [0.29, 0.717) is 5.82 Å². The third-order valence-electron chi connectivity index (χ3n) is 3.39. The number of aromatic nitrogens is 4. The Balaban J connectivity index is 1.69. The largest absolute Gasteiger partial charge is 0.315 e. The first-order chi connectivity index (χ1) is 11.3. The van der Waals surface area contributed by atoms with Crippen LogP contribution in [0, 0.1) is 6.92 Å². The molecular formula is C17H13N5S. The first-order valence-electron chi connectivity index (χ1n) is 7.13. The number of nitrogens with one attached hydrogen (secondary N) is 1. The summed E-state index contributed by atoms with van der Waals surface area (Å²) in [6.07, 6.45) is 8.71. The van der Waals surface area contributed by atoms with Crippen LogP contribution in [0.3, 0.4) is 0 Å². The lowest BCUT2D eigenvalue weighted by Gasteiger charge is -2.01. The second-order valence-electron chi connectivity index (χ2n) is 5.17. The molecule has 3 aromatic heterocycles. The SMILES string of the molecule is Cc1cncc(-c2ccc3nc(Nc4cnccn4)sc3c2)c1. The second-order valence-corrected chi connectivity index (χ2v) is 6.20. The van der Waals surface area contributed by atoms with Gasteiger partial charge in [-0.15, -0.1) is 0 Å². The zero-order chi connectivity index (χ0) is 15.6. The van der Waals surface area contributed by atoms with Gasteiger partial charge in [0, 0.05) is 30.4 Å². The predicted molar refractivity (Wildman–Crippen MR) is 92.9 cm³/mol. The predicted octanol–water partition coefficient (Wildman–Crippen LogP) is 4.20. The minimum absolute atomic E-state index is 0.690. The molecule has 1 N–H and O–H groups in total. The van der Waals surface area contributed by atoms with Gasteiger partial charge in [-0.25, -0.2) is 9.97 Å². The van der Waals surface area contributed by atoms with Crippen molar-refractivity contribution in [2.75, 3.05) is 5.32 Å². The van der Waals surface area contributed by atoms with Crippen molar-refractivity contribution in [3.8, 4) is 11.1 Å². The fraction of sp³-hybridized carbons (Fsp3) is 0.0588. The van der Waals surface area contributed by atoms with Crippen molar-refractivity contribution < 1.29 is 0 Å². The van der Waals surface area contributed by atoms with Crippen LogP contribution in [0.5, 0.6) is 0 Å². The van der Waals surface area contributed by atoms with Crippen molar-refractivity contribution in [1.29, 1.82) is 0 Å². The number of fused-ring (bicyclic) bond motifs is 1. The van der Waals surface area contributed by atoms with Gasteiger partial charge in [-0.2, -0.15) is 0 Å². The number of benzene rings is 1. The van der Waals surface area contributed by atoms with Gasteiger partial charge < -0.3 is 5.32 Å². The van der Waals surface area contributed by atoms with E-state index in [0.717, 1.165) is 32.0 Å². The van der Waals surface area contributed by atoms with E-state index in [-0.39, 0.29) is 0 Å². The molecule has 0 saturated heterocycles. The summed E-state index contributed by atoms with van der Waals surface area (Å²) in [5.41, 5.74) is 4.37. The lowest BCUT2D eigenvalue weighted by Crippen LogP contribution is -1.92. The molecule has 6 heteroatoms. The molecule has 0 fully saturated rings. The maximum Gasteiger partial charge on any atom is 0.189 e. The zero-order valence-electron chi connectivity index (χ0n) is 12.4. The highest BCUT2D eigenvalue weighted by Gasteiger charge is 2.07. The molecule has 3 heterocycles. The maximum atomic E-state index is 4.58. The molecule has 0 amide bonds. The van der Waals surface area contributed by atoms with E-state index >= 15 is 0 Å². The Labute approximate surface area is 137 Å². The van der Waals surface area contributed by atoms with Crippen molar-refractivity contribution in [3.63, 3.8) is 0 Å². The Hall–Kier alpha value is -2.86. The molecule has 4 rings (SSSR count). The van der Waals surface area contributed by atoms with E-state index in [1.54, 1.807) is 29.9 Å². The number of thiazole rings is 1. The minimum Gasteiger partial charge on any atom is -0.315 e. The maximum absolute atomic E-state index is 4.58. The number of hydrogen-bond donors (Lipinski definition) is 1. The molecule has 0 bridgehead atoms.